The summed E-state index contributed by atoms with van der Waals surface area (Å²) in [7, 11) is 1.36. The third kappa shape index (κ3) is 4.61. The van der Waals surface area contributed by atoms with Crippen molar-refractivity contribution in [3.05, 3.63) is 138 Å². The summed E-state index contributed by atoms with van der Waals surface area (Å²) in [4.78, 5) is 32.3. The van der Waals surface area contributed by atoms with Gasteiger partial charge in [-0.25, -0.2) is 9.79 Å². The summed E-state index contributed by atoms with van der Waals surface area (Å²) in [6, 6.07) is 24.9. The lowest BCUT2D eigenvalue weighted by atomic mass is 9.95. The number of carbonyl (C=O) groups excluding carboxylic acids is 1. The second-order valence-corrected chi connectivity index (χ2v) is 11.0. The van der Waals surface area contributed by atoms with Gasteiger partial charge in [0.1, 0.15) is 0 Å². The Morgan fingerprint density at radius 1 is 1.07 bits per heavy atom. The fourth-order valence-electron chi connectivity index (χ4n) is 5.31. The highest BCUT2D eigenvalue weighted by Gasteiger charge is 2.33. The monoisotopic (exact) mass is 567 g/mol. The summed E-state index contributed by atoms with van der Waals surface area (Å²) in [6.45, 7) is 2.60. The average molecular weight is 568 g/mol. The zero-order valence-electron chi connectivity index (χ0n) is 22.0. The second-order valence-electron chi connectivity index (χ2n) is 9.56. The zero-order valence-corrected chi connectivity index (χ0v) is 23.6. The van der Waals surface area contributed by atoms with Crippen LogP contribution in [0.25, 0.3) is 17.0 Å². The number of fused-ring (bicyclic) bond motifs is 2. The summed E-state index contributed by atoms with van der Waals surface area (Å²) in [6.07, 6.45) is 4.53. The van der Waals surface area contributed by atoms with Gasteiger partial charge in [-0.1, -0.05) is 90.5 Å². The van der Waals surface area contributed by atoms with Gasteiger partial charge in [0.25, 0.3) is 5.56 Å². The fourth-order valence-corrected chi connectivity index (χ4v) is 6.53. The highest BCUT2D eigenvalue weighted by atomic mass is 35.5. The highest BCUT2D eigenvalue weighted by molar-refractivity contribution is 7.07. The number of ether oxygens (including phenoxy) is 1. The second kappa shape index (κ2) is 10.8. The van der Waals surface area contributed by atoms with E-state index in [9.17, 15) is 9.59 Å². The number of methoxy groups -OCH3 is 1. The van der Waals surface area contributed by atoms with Gasteiger partial charge in [-0.15, -0.1) is 0 Å². The average Bonchev–Trinajstić information content (AvgIpc) is 3.48. The number of allylic oxidation sites excluding steroid dienone is 1. The highest BCUT2D eigenvalue weighted by Crippen LogP contribution is 2.32. The Bertz CT molecular complexity index is 1970. The number of halogens is 1. The van der Waals surface area contributed by atoms with E-state index in [1.807, 2.05) is 79.7 Å². The Morgan fingerprint density at radius 2 is 1.85 bits per heavy atom. The Balaban J connectivity index is 1.53. The summed E-state index contributed by atoms with van der Waals surface area (Å²) < 4.78 is 9.49. The smallest absolute Gasteiger partial charge is 0.338 e. The minimum Gasteiger partial charge on any atom is -0.466 e. The number of rotatable bonds is 6. The Labute approximate surface area is 239 Å². The van der Waals surface area contributed by atoms with E-state index >= 15 is 0 Å². The Morgan fingerprint density at radius 3 is 2.60 bits per heavy atom. The number of para-hydroxylation sites is 1. The number of nitrogens with zero attached hydrogens (tertiary/aromatic N) is 3. The summed E-state index contributed by atoms with van der Waals surface area (Å²) >= 11 is 7.57. The van der Waals surface area contributed by atoms with Gasteiger partial charge in [0, 0.05) is 34.2 Å². The van der Waals surface area contributed by atoms with Crippen molar-refractivity contribution in [2.45, 2.75) is 25.9 Å². The van der Waals surface area contributed by atoms with Crippen molar-refractivity contribution < 1.29 is 9.53 Å². The van der Waals surface area contributed by atoms with E-state index < -0.39 is 12.0 Å². The molecule has 2 aromatic heterocycles. The normalized spacial score (nSPS) is 15.3. The molecule has 0 radical (unpaired) electrons. The molecule has 0 aliphatic carbocycles. The first-order valence-electron chi connectivity index (χ1n) is 13.0. The molecule has 5 aromatic rings. The number of benzene rings is 3. The summed E-state index contributed by atoms with van der Waals surface area (Å²) in [5, 5.41) is 1.74. The first kappa shape index (κ1) is 26.0. The molecule has 3 aromatic carbocycles. The van der Waals surface area contributed by atoms with Crippen molar-refractivity contribution in [2.24, 2.45) is 4.99 Å². The van der Waals surface area contributed by atoms with E-state index in [4.69, 9.17) is 21.3 Å². The van der Waals surface area contributed by atoms with Crippen LogP contribution in [0.3, 0.4) is 0 Å². The molecule has 6 rings (SSSR count). The first-order valence-corrected chi connectivity index (χ1v) is 14.2. The SMILES string of the molecule is CCC1=C(C(=O)OC)[C@H](c2ccccc2)n2c(s/c(=C/c3cn(Cc4cccc(Cl)c4)c4ccccc34)c2=O)=N1. The largest absolute Gasteiger partial charge is 0.466 e. The van der Waals surface area contributed by atoms with Gasteiger partial charge in [0.05, 0.1) is 29.0 Å². The lowest BCUT2D eigenvalue weighted by Gasteiger charge is -2.25. The van der Waals surface area contributed by atoms with Gasteiger partial charge >= 0.3 is 5.97 Å². The van der Waals surface area contributed by atoms with Crippen molar-refractivity contribution in [2.75, 3.05) is 7.11 Å². The van der Waals surface area contributed by atoms with Crippen molar-refractivity contribution in [1.29, 1.82) is 0 Å². The van der Waals surface area contributed by atoms with Crippen molar-refractivity contribution in [3.63, 3.8) is 0 Å². The molecule has 1 aliphatic rings. The maximum atomic E-state index is 14.0. The number of hydrogen-bond donors (Lipinski definition) is 0. The molecule has 200 valence electrons. The molecule has 1 aliphatic heterocycles. The van der Waals surface area contributed by atoms with E-state index in [1.54, 1.807) is 4.57 Å². The molecule has 0 bridgehead atoms. The van der Waals surface area contributed by atoms with E-state index in [2.05, 4.69) is 22.9 Å². The van der Waals surface area contributed by atoms with Crippen LogP contribution < -0.4 is 14.9 Å². The van der Waals surface area contributed by atoms with Gasteiger partial charge < -0.3 is 9.30 Å². The molecule has 0 unspecified atom stereocenters. The topological polar surface area (TPSA) is 65.6 Å². The predicted octanol–water partition coefficient (Wildman–Crippen LogP) is 5.45. The quantitative estimate of drug-likeness (QED) is 0.256. The van der Waals surface area contributed by atoms with Gasteiger partial charge in [-0.3, -0.25) is 9.36 Å². The molecule has 0 saturated carbocycles. The molecule has 0 spiro atoms. The van der Waals surface area contributed by atoms with Crippen LogP contribution in [0.4, 0.5) is 0 Å². The molecule has 1 atom stereocenters. The van der Waals surface area contributed by atoms with Crippen LogP contribution in [0.5, 0.6) is 0 Å². The number of carbonyl (C=O) groups is 1. The van der Waals surface area contributed by atoms with Gasteiger partial charge in [-0.05, 0) is 41.8 Å². The van der Waals surface area contributed by atoms with Crippen LogP contribution in [0.15, 0.2) is 106 Å². The molecule has 0 saturated heterocycles. The third-order valence-electron chi connectivity index (χ3n) is 7.11. The number of thiazole rings is 1. The molecule has 6 nitrogen and oxygen atoms in total. The van der Waals surface area contributed by atoms with Gasteiger partial charge in [-0.2, -0.15) is 0 Å². The fraction of sp³-hybridized carbons (Fsp3) is 0.156. The lowest BCUT2D eigenvalue weighted by molar-refractivity contribution is -0.136. The van der Waals surface area contributed by atoms with Crippen molar-refractivity contribution >= 4 is 45.9 Å². The van der Waals surface area contributed by atoms with Crippen LogP contribution in [-0.2, 0) is 16.1 Å². The maximum absolute atomic E-state index is 14.0. The Hall–Kier alpha value is -4.20. The molecule has 0 amide bonds. The molecule has 3 heterocycles. The molecule has 8 heteroatoms. The van der Waals surface area contributed by atoms with Crippen molar-refractivity contribution in [3.8, 4) is 0 Å². The van der Waals surface area contributed by atoms with Crippen LogP contribution >= 0.6 is 22.9 Å². The van der Waals surface area contributed by atoms with E-state index in [0.717, 1.165) is 27.6 Å². The Kier molecular flexibility index (Phi) is 7.00. The zero-order chi connectivity index (χ0) is 27.8. The minimum atomic E-state index is -0.619. The lowest BCUT2D eigenvalue weighted by Crippen LogP contribution is -2.40. The summed E-state index contributed by atoms with van der Waals surface area (Å²) in [5.74, 6) is -0.479. The summed E-state index contributed by atoms with van der Waals surface area (Å²) in [5.41, 5.74) is 4.74. The van der Waals surface area contributed by atoms with E-state index in [-0.39, 0.29) is 5.56 Å². The van der Waals surface area contributed by atoms with E-state index in [0.29, 0.717) is 38.6 Å². The standard InChI is InChI=1S/C32H26ClN3O3S/c1-3-25-28(31(38)39-2)29(21-11-5-4-6-12-21)36-30(37)27(40-32(36)34-25)17-22-19-35(26-15-8-7-14-24(22)26)18-20-10-9-13-23(33)16-20/h4-17,19,29H,3,18H2,1-2H3/b27-17+/t29-/m0/s1. The number of hydrogen-bond acceptors (Lipinski definition) is 5. The molecule has 0 fully saturated rings. The van der Waals surface area contributed by atoms with Crippen LogP contribution in [0, 0.1) is 0 Å². The van der Waals surface area contributed by atoms with Gasteiger partial charge in [0.15, 0.2) is 4.80 Å². The van der Waals surface area contributed by atoms with Gasteiger partial charge in [0.2, 0.25) is 0 Å². The van der Waals surface area contributed by atoms with Crippen molar-refractivity contribution in [1.82, 2.24) is 9.13 Å². The molecule has 0 N–H and O–H groups in total. The molecule has 40 heavy (non-hydrogen) atoms. The number of esters is 1. The number of aromatic nitrogens is 2. The van der Waals surface area contributed by atoms with E-state index in [1.165, 1.54) is 18.4 Å². The van der Waals surface area contributed by atoms with Crippen LogP contribution in [-0.4, -0.2) is 22.2 Å². The molecular formula is C32H26ClN3O3S. The molecular weight excluding hydrogens is 542 g/mol. The van der Waals surface area contributed by atoms with Crippen LogP contribution in [0.1, 0.15) is 36.1 Å². The maximum Gasteiger partial charge on any atom is 0.338 e. The first-order chi connectivity index (χ1) is 19.5. The third-order valence-corrected chi connectivity index (χ3v) is 8.33. The predicted molar refractivity (Wildman–Crippen MR) is 159 cm³/mol. The van der Waals surface area contributed by atoms with Crippen LogP contribution in [0.2, 0.25) is 5.02 Å². The minimum absolute atomic E-state index is 0.194.